The lowest BCUT2D eigenvalue weighted by molar-refractivity contribution is 1.03. The number of hydrogen-bond acceptors (Lipinski definition) is 3. The Bertz CT molecular complexity index is 368. The van der Waals surface area contributed by atoms with Crippen molar-refractivity contribution in [3.8, 4) is 0 Å². The minimum absolute atomic E-state index is 0.681. The molecular formula is C7H7N3S. The Morgan fingerprint density at radius 2 is 2.36 bits per heavy atom. The second-order valence-corrected chi connectivity index (χ2v) is 2.53. The molecule has 0 aromatic carbocycles. The van der Waals surface area contributed by atoms with Crippen molar-refractivity contribution in [3.05, 3.63) is 30.5 Å². The molecule has 56 valence electrons. The molecule has 0 bridgehead atoms. The van der Waals surface area contributed by atoms with Crippen LogP contribution in [0.5, 0.6) is 0 Å². The number of imidazole rings is 1. The SMILES string of the molecule is SCc1cncc2nccn12. The van der Waals surface area contributed by atoms with Crippen LogP contribution in [-0.2, 0) is 5.75 Å². The van der Waals surface area contributed by atoms with Crippen LogP contribution in [0.2, 0.25) is 0 Å². The van der Waals surface area contributed by atoms with Crippen LogP contribution in [0.1, 0.15) is 5.69 Å². The molecule has 0 saturated carbocycles. The van der Waals surface area contributed by atoms with Crippen LogP contribution in [0, 0.1) is 0 Å². The molecule has 4 heteroatoms. The number of thiol groups is 1. The molecule has 2 rings (SSSR count). The van der Waals surface area contributed by atoms with Crippen LogP contribution in [0.25, 0.3) is 5.65 Å². The van der Waals surface area contributed by atoms with E-state index in [1.807, 2.05) is 10.6 Å². The molecule has 0 aliphatic carbocycles. The van der Waals surface area contributed by atoms with E-state index in [0.717, 1.165) is 11.3 Å². The molecule has 0 unspecified atom stereocenters. The maximum absolute atomic E-state index is 4.17. The normalized spacial score (nSPS) is 10.6. The Hall–Kier alpha value is -1.03. The van der Waals surface area contributed by atoms with E-state index < -0.39 is 0 Å². The molecule has 0 atom stereocenters. The van der Waals surface area contributed by atoms with Gasteiger partial charge in [-0.05, 0) is 0 Å². The molecule has 0 aliphatic heterocycles. The quantitative estimate of drug-likeness (QED) is 0.643. The van der Waals surface area contributed by atoms with Gasteiger partial charge in [-0.1, -0.05) is 0 Å². The van der Waals surface area contributed by atoms with Crippen molar-refractivity contribution in [2.45, 2.75) is 5.75 Å². The predicted octanol–water partition coefficient (Wildman–Crippen LogP) is 1.16. The third kappa shape index (κ3) is 0.991. The second-order valence-electron chi connectivity index (χ2n) is 2.21. The maximum atomic E-state index is 4.17. The van der Waals surface area contributed by atoms with Crippen molar-refractivity contribution in [2.24, 2.45) is 0 Å². The van der Waals surface area contributed by atoms with Gasteiger partial charge >= 0.3 is 0 Å². The van der Waals surface area contributed by atoms with E-state index in [1.54, 1.807) is 18.6 Å². The lowest BCUT2D eigenvalue weighted by atomic mass is 10.5. The summed E-state index contributed by atoms with van der Waals surface area (Å²) in [5.74, 6) is 0.681. The van der Waals surface area contributed by atoms with Gasteiger partial charge in [-0.2, -0.15) is 12.6 Å². The first kappa shape index (κ1) is 6.67. The van der Waals surface area contributed by atoms with Crippen molar-refractivity contribution >= 4 is 18.3 Å². The summed E-state index contributed by atoms with van der Waals surface area (Å²) < 4.78 is 1.97. The topological polar surface area (TPSA) is 30.2 Å². The van der Waals surface area contributed by atoms with Crippen LogP contribution in [0.4, 0.5) is 0 Å². The Morgan fingerprint density at radius 3 is 3.18 bits per heavy atom. The predicted molar refractivity (Wildman–Crippen MR) is 45.7 cm³/mol. The van der Waals surface area contributed by atoms with E-state index >= 15 is 0 Å². The number of hydrogen-bond donors (Lipinski definition) is 1. The smallest absolute Gasteiger partial charge is 0.155 e. The van der Waals surface area contributed by atoms with Crippen molar-refractivity contribution in [1.29, 1.82) is 0 Å². The van der Waals surface area contributed by atoms with Gasteiger partial charge in [0.05, 0.1) is 11.9 Å². The Balaban J connectivity index is 2.79. The van der Waals surface area contributed by atoms with Gasteiger partial charge in [-0.3, -0.25) is 4.98 Å². The average Bonchev–Trinajstić information content (AvgIpc) is 2.50. The number of aromatic nitrogens is 3. The minimum Gasteiger partial charge on any atom is -0.300 e. The van der Waals surface area contributed by atoms with Crippen molar-refractivity contribution in [1.82, 2.24) is 14.4 Å². The van der Waals surface area contributed by atoms with Crippen LogP contribution in [0.15, 0.2) is 24.8 Å². The van der Waals surface area contributed by atoms with Gasteiger partial charge < -0.3 is 4.40 Å². The van der Waals surface area contributed by atoms with E-state index in [1.165, 1.54) is 0 Å². The van der Waals surface area contributed by atoms with E-state index in [4.69, 9.17) is 0 Å². The van der Waals surface area contributed by atoms with Crippen molar-refractivity contribution < 1.29 is 0 Å². The van der Waals surface area contributed by atoms with E-state index in [-0.39, 0.29) is 0 Å². The summed E-state index contributed by atoms with van der Waals surface area (Å²) in [6, 6.07) is 0. The van der Waals surface area contributed by atoms with Gasteiger partial charge in [-0.15, -0.1) is 0 Å². The lowest BCUT2D eigenvalue weighted by Crippen LogP contribution is -1.93. The van der Waals surface area contributed by atoms with E-state index in [0.29, 0.717) is 5.75 Å². The molecule has 0 aliphatic rings. The summed E-state index contributed by atoms with van der Waals surface area (Å²) in [5, 5.41) is 0. The van der Waals surface area contributed by atoms with E-state index in [9.17, 15) is 0 Å². The highest BCUT2D eigenvalue weighted by Crippen LogP contribution is 2.04. The third-order valence-electron chi connectivity index (χ3n) is 1.55. The second kappa shape index (κ2) is 2.54. The number of fused-ring (bicyclic) bond motifs is 1. The van der Waals surface area contributed by atoms with E-state index in [2.05, 4.69) is 22.6 Å². The van der Waals surface area contributed by atoms with Gasteiger partial charge in [0.25, 0.3) is 0 Å². The molecule has 2 aromatic rings. The fourth-order valence-electron chi connectivity index (χ4n) is 1.02. The first-order valence-electron chi connectivity index (χ1n) is 3.28. The highest BCUT2D eigenvalue weighted by molar-refractivity contribution is 7.79. The Morgan fingerprint density at radius 1 is 1.45 bits per heavy atom. The molecule has 2 heterocycles. The zero-order valence-electron chi connectivity index (χ0n) is 5.81. The zero-order chi connectivity index (χ0) is 7.68. The zero-order valence-corrected chi connectivity index (χ0v) is 6.70. The molecule has 2 aromatic heterocycles. The number of rotatable bonds is 1. The van der Waals surface area contributed by atoms with Gasteiger partial charge in [0.2, 0.25) is 0 Å². The van der Waals surface area contributed by atoms with Gasteiger partial charge in [0.15, 0.2) is 5.65 Å². The summed E-state index contributed by atoms with van der Waals surface area (Å²) in [7, 11) is 0. The lowest BCUT2D eigenvalue weighted by Gasteiger charge is -1.98. The number of nitrogens with zero attached hydrogens (tertiary/aromatic N) is 3. The fourth-order valence-corrected chi connectivity index (χ4v) is 1.26. The largest absolute Gasteiger partial charge is 0.300 e. The third-order valence-corrected chi connectivity index (χ3v) is 1.88. The average molecular weight is 165 g/mol. The minimum atomic E-state index is 0.681. The van der Waals surface area contributed by atoms with Gasteiger partial charge in [-0.25, -0.2) is 4.98 Å². The maximum Gasteiger partial charge on any atom is 0.155 e. The summed E-state index contributed by atoms with van der Waals surface area (Å²) >= 11 is 4.17. The molecule has 11 heavy (non-hydrogen) atoms. The molecule has 0 spiro atoms. The highest BCUT2D eigenvalue weighted by Gasteiger charge is 1.97. The monoisotopic (exact) mass is 165 g/mol. The molecule has 0 N–H and O–H groups in total. The van der Waals surface area contributed by atoms with Crippen molar-refractivity contribution in [2.75, 3.05) is 0 Å². The first-order valence-corrected chi connectivity index (χ1v) is 3.92. The Kier molecular flexibility index (Phi) is 1.54. The van der Waals surface area contributed by atoms with Gasteiger partial charge in [0.1, 0.15) is 0 Å². The standard InChI is InChI=1S/C7H7N3S/c11-5-6-3-8-4-7-9-1-2-10(6)7/h1-4,11H,5H2. The van der Waals surface area contributed by atoms with Crippen LogP contribution < -0.4 is 0 Å². The molecule has 0 fully saturated rings. The van der Waals surface area contributed by atoms with Crippen LogP contribution in [-0.4, -0.2) is 14.4 Å². The van der Waals surface area contributed by atoms with Gasteiger partial charge in [0, 0.05) is 24.3 Å². The summed E-state index contributed by atoms with van der Waals surface area (Å²) in [6.07, 6.45) is 7.18. The summed E-state index contributed by atoms with van der Waals surface area (Å²) in [6.45, 7) is 0. The molecular weight excluding hydrogens is 158 g/mol. The summed E-state index contributed by atoms with van der Waals surface area (Å²) in [4.78, 5) is 8.12. The molecule has 0 amide bonds. The van der Waals surface area contributed by atoms with Crippen molar-refractivity contribution in [3.63, 3.8) is 0 Å². The first-order chi connectivity index (χ1) is 5.42. The van der Waals surface area contributed by atoms with Crippen LogP contribution >= 0.6 is 12.6 Å². The molecule has 3 nitrogen and oxygen atoms in total. The Labute approximate surface area is 69.5 Å². The molecule has 0 saturated heterocycles. The van der Waals surface area contributed by atoms with Crippen LogP contribution in [0.3, 0.4) is 0 Å². The summed E-state index contributed by atoms with van der Waals surface area (Å²) in [5.41, 5.74) is 1.93. The molecule has 0 radical (unpaired) electrons. The fraction of sp³-hybridized carbons (Fsp3) is 0.143. The highest BCUT2D eigenvalue weighted by atomic mass is 32.1.